The molecule has 5 heteroatoms. The molecule has 1 rings (SSSR count). The van der Waals surface area contributed by atoms with Crippen LogP contribution in [0.15, 0.2) is 0 Å². The Morgan fingerprint density at radius 3 is 2.60 bits per heavy atom. The Labute approximate surface area is 90.5 Å². The van der Waals surface area contributed by atoms with E-state index >= 15 is 0 Å². The Morgan fingerprint density at radius 1 is 1.33 bits per heavy atom. The van der Waals surface area contributed by atoms with E-state index in [4.69, 9.17) is 16.2 Å². The lowest BCUT2D eigenvalue weighted by atomic mass is 9.94. The molecule has 1 fully saturated rings. The maximum Gasteiger partial charge on any atom is 0.312 e. The Balaban J connectivity index is 1.94. The third-order valence-electron chi connectivity index (χ3n) is 2.69. The molecule has 0 bridgehead atoms. The smallest absolute Gasteiger partial charge is 0.312 e. The summed E-state index contributed by atoms with van der Waals surface area (Å²) in [5, 5.41) is 2.53. The molecule has 5 nitrogen and oxygen atoms in total. The minimum absolute atomic E-state index is 0.360. The zero-order valence-electron chi connectivity index (χ0n) is 9.08. The minimum atomic E-state index is -0.473. The first kappa shape index (κ1) is 12.3. The van der Waals surface area contributed by atoms with E-state index in [0.717, 1.165) is 32.1 Å². The van der Waals surface area contributed by atoms with Gasteiger partial charge in [0.15, 0.2) is 0 Å². The van der Waals surface area contributed by atoms with Crippen LogP contribution in [0, 0.1) is 0 Å². The molecule has 0 saturated heterocycles. The van der Waals surface area contributed by atoms with Gasteiger partial charge < -0.3 is 21.5 Å². The normalized spacial score (nSPS) is 26.2. The molecule has 0 heterocycles. The molecule has 0 aromatic carbocycles. The zero-order valence-corrected chi connectivity index (χ0v) is 9.08. The van der Waals surface area contributed by atoms with Crippen molar-refractivity contribution < 1.29 is 9.53 Å². The van der Waals surface area contributed by atoms with Crippen molar-refractivity contribution in [2.45, 2.75) is 44.2 Å². The highest BCUT2D eigenvalue weighted by atomic mass is 16.5. The monoisotopic (exact) mass is 215 g/mol. The summed E-state index contributed by atoms with van der Waals surface area (Å²) in [5.41, 5.74) is 10.7. The maximum absolute atomic E-state index is 10.4. The lowest BCUT2D eigenvalue weighted by Gasteiger charge is -2.26. The van der Waals surface area contributed by atoms with Crippen molar-refractivity contribution in [1.82, 2.24) is 5.32 Å². The van der Waals surface area contributed by atoms with Crippen LogP contribution in [0.1, 0.15) is 32.1 Å². The van der Waals surface area contributed by atoms with Gasteiger partial charge >= 0.3 is 6.03 Å². The molecule has 15 heavy (non-hydrogen) atoms. The van der Waals surface area contributed by atoms with Crippen LogP contribution in [-0.2, 0) is 4.74 Å². The van der Waals surface area contributed by atoms with Gasteiger partial charge in [-0.3, -0.25) is 0 Å². The van der Waals surface area contributed by atoms with Gasteiger partial charge in [-0.2, -0.15) is 0 Å². The van der Waals surface area contributed by atoms with E-state index in [0.29, 0.717) is 25.3 Å². The van der Waals surface area contributed by atoms with Crippen LogP contribution in [0.4, 0.5) is 4.79 Å². The lowest BCUT2D eigenvalue weighted by Crippen LogP contribution is -2.32. The molecular weight excluding hydrogens is 194 g/mol. The first-order chi connectivity index (χ1) is 7.18. The van der Waals surface area contributed by atoms with Crippen molar-refractivity contribution in [3.63, 3.8) is 0 Å². The molecule has 5 N–H and O–H groups in total. The number of nitrogens with two attached hydrogens (primary N) is 2. The van der Waals surface area contributed by atoms with Gasteiger partial charge in [-0.05, 0) is 32.1 Å². The highest BCUT2D eigenvalue weighted by Gasteiger charge is 2.18. The standard InChI is InChI=1S/C10H21N3O2/c11-8-2-4-9(5-3-8)15-7-1-6-13-10(12)14/h8-9H,1-7,11H2,(H3,12,13,14). The van der Waals surface area contributed by atoms with E-state index in [1.807, 2.05) is 0 Å². The second-order valence-electron chi connectivity index (χ2n) is 4.05. The van der Waals surface area contributed by atoms with E-state index in [1.54, 1.807) is 0 Å². The first-order valence-corrected chi connectivity index (χ1v) is 5.59. The van der Waals surface area contributed by atoms with E-state index < -0.39 is 6.03 Å². The summed E-state index contributed by atoms with van der Waals surface area (Å²) in [4.78, 5) is 10.4. The second kappa shape index (κ2) is 6.63. The molecule has 0 spiro atoms. The predicted molar refractivity (Wildman–Crippen MR) is 58.4 cm³/mol. The fourth-order valence-electron chi connectivity index (χ4n) is 1.79. The number of hydrogen-bond donors (Lipinski definition) is 3. The Kier molecular flexibility index (Phi) is 5.42. The number of carbonyl (C=O) groups is 1. The molecule has 0 aliphatic heterocycles. The molecule has 1 aliphatic carbocycles. The number of carbonyl (C=O) groups excluding carboxylic acids is 1. The van der Waals surface area contributed by atoms with Gasteiger partial charge in [0, 0.05) is 19.2 Å². The third-order valence-corrected chi connectivity index (χ3v) is 2.69. The zero-order chi connectivity index (χ0) is 11.1. The van der Waals surface area contributed by atoms with Gasteiger partial charge in [-0.25, -0.2) is 4.79 Å². The molecule has 0 aromatic heterocycles. The van der Waals surface area contributed by atoms with Crippen LogP contribution in [0.2, 0.25) is 0 Å². The molecule has 0 unspecified atom stereocenters. The van der Waals surface area contributed by atoms with Crippen LogP contribution < -0.4 is 16.8 Å². The summed E-state index contributed by atoms with van der Waals surface area (Å²) >= 11 is 0. The third kappa shape index (κ3) is 5.59. The number of hydrogen-bond acceptors (Lipinski definition) is 3. The number of urea groups is 1. The van der Waals surface area contributed by atoms with Crippen LogP contribution >= 0.6 is 0 Å². The molecule has 0 radical (unpaired) electrons. The molecule has 2 amide bonds. The van der Waals surface area contributed by atoms with Crippen LogP contribution in [-0.4, -0.2) is 31.3 Å². The van der Waals surface area contributed by atoms with Gasteiger partial charge in [0.1, 0.15) is 0 Å². The van der Waals surface area contributed by atoms with E-state index in [1.165, 1.54) is 0 Å². The van der Waals surface area contributed by atoms with Crippen LogP contribution in [0.5, 0.6) is 0 Å². The predicted octanol–water partition coefficient (Wildman–Crippen LogP) is 0.331. The van der Waals surface area contributed by atoms with Gasteiger partial charge in [0.25, 0.3) is 0 Å². The minimum Gasteiger partial charge on any atom is -0.378 e. The maximum atomic E-state index is 10.4. The largest absolute Gasteiger partial charge is 0.378 e. The van der Waals surface area contributed by atoms with Crippen molar-refractivity contribution in [3.05, 3.63) is 0 Å². The van der Waals surface area contributed by atoms with Gasteiger partial charge in [0.05, 0.1) is 6.10 Å². The lowest BCUT2D eigenvalue weighted by molar-refractivity contribution is 0.0243. The SMILES string of the molecule is NC(=O)NCCCOC1CCC(N)CC1. The number of amides is 2. The van der Waals surface area contributed by atoms with Crippen LogP contribution in [0.25, 0.3) is 0 Å². The quantitative estimate of drug-likeness (QED) is 0.577. The average Bonchev–Trinajstić information content (AvgIpc) is 2.20. The summed E-state index contributed by atoms with van der Waals surface area (Å²) in [6.07, 6.45) is 5.41. The first-order valence-electron chi connectivity index (χ1n) is 5.59. The van der Waals surface area contributed by atoms with Crippen molar-refractivity contribution in [1.29, 1.82) is 0 Å². The van der Waals surface area contributed by atoms with Crippen molar-refractivity contribution in [2.75, 3.05) is 13.2 Å². The molecular formula is C10H21N3O2. The van der Waals surface area contributed by atoms with E-state index in [2.05, 4.69) is 5.32 Å². The summed E-state index contributed by atoms with van der Waals surface area (Å²) < 4.78 is 5.67. The summed E-state index contributed by atoms with van der Waals surface area (Å²) in [6.45, 7) is 1.27. The molecule has 1 aliphatic rings. The molecule has 1 saturated carbocycles. The molecule has 0 aromatic rings. The Hall–Kier alpha value is -0.810. The molecule has 0 atom stereocenters. The Bertz CT molecular complexity index is 191. The highest BCUT2D eigenvalue weighted by molar-refractivity contribution is 5.71. The van der Waals surface area contributed by atoms with E-state index in [9.17, 15) is 4.79 Å². The molecule has 88 valence electrons. The van der Waals surface area contributed by atoms with Gasteiger partial charge in [-0.15, -0.1) is 0 Å². The second-order valence-corrected chi connectivity index (χ2v) is 4.05. The fraction of sp³-hybridized carbons (Fsp3) is 0.900. The highest BCUT2D eigenvalue weighted by Crippen LogP contribution is 2.19. The summed E-state index contributed by atoms with van der Waals surface area (Å²) in [6, 6.07) is -0.111. The summed E-state index contributed by atoms with van der Waals surface area (Å²) in [5.74, 6) is 0. The Morgan fingerprint density at radius 2 is 2.00 bits per heavy atom. The van der Waals surface area contributed by atoms with Gasteiger partial charge in [-0.1, -0.05) is 0 Å². The van der Waals surface area contributed by atoms with Crippen LogP contribution in [0.3, 0.4) is 0 Å². The number of rotatable bonds is 5. The van der Waals surface area contributed by atoms with Crippen molar-refractivity contribution in [3.8, 4) is 0 Å². The number of primary amides is 1. The fourth-order valence-corrected chi connectivity index (χ4v) is 1.79. The summed E-state index contributed by atoms with van der Waals surface area (Å²) in [7, 11) is 0. The number of ether oxygens (including phenoxy) is 1. The van der Waals surface area contributed by atoms with Gasteiger partial charge in [0.2, 0.25) is 0 Å². The van der Waals surface area contributed by atoms with Crippen molar-refractivity contribution in [2.24, 2.45) is 11.5 Å². The van der Waals surface area contributed by atoms with Crippen molar-refractivity contribution >= 4 is 6.03 Å². The average molecular weight is 215 g/mol. The topological polar surface area (TPSA) is 90.4 Å². The van der Waals surface area contributed by atoms with E-state index in [-0.39, 0.29) is 0 Å². The number of nitrogens with one attached hydrogen (secondary N) is 1.